The molecule has 3 nitrogen and oxygen atoms in total. The molecule has 1 N–H and O–H groups in total. The molecule has 0 saturated heterocycles. The number of carbonyl (C=O) groups excluding carboxylic acids is 1. The lowest BCUT2D eigenvalue weighted by Gasteiger charge is -2.27. The number of nitrogens with one attached hydrogen (secondary N) is 1. The Morgan fingerprint density at radius 3 is 2.16 bits per heavy atom. The molecule has 0 aliphatic carbocycles. The maximum Gasteiger partial charge on any atom is 0.326 e. The summed E-state index contributed by atoms with van der Waals surface area (Å²) in [5.41, 5.74) is 2.81. The Hall–Kier alpha value is -2.55. The van der Waals surface area contributed by atoms with Gasteiger partial charge in [-0.3, -0.25) is 4.90 Å². The van der Waals surface area contributed by atoms with Gasteiger partial charge in [-0.2, -0.15) is 0 Å². The number of urea groups is 1. The lowest BCUT2D eigenvalue weighted by molar-refractivity contribution is 0.250. The molecule has 0 spiro atoms. The standard InChI is InChI=1S/C16H14N2O/c19-16-17-15(13-7-3-1-4-8-13)11-12-18(16)14-9-5-2-6-10-14/h1-11H,12H2,(H,17,19). The van der Waals surface area contributed by atoms with E-state index in [1.807, 2.05) is 66.7 Å². The van der Waals surface area contributed by atoms with Crippen molar-refractivity contribution >= 4 is 17.4 Å². The third-order valence-electron chi connectivity index (χ3n) is 3.12. The van der Waals surface area contributed by atoms with Crippen molar-refractivity contribution in [3.05, 3.63) is 72.3 Å². The van der Waals surface area contributed by atoms with Crippen molar-refractivity contribution in [3.63, 3.8) is 0 Å². The highest BCUT2D eigenvalue weighted by Crippen LogP contribution is 2.20. The molecular weight excluding hydrogens is 236 g/mol. The summed E-state index contributed by atoms with van der Waals surface area (Å²) < 4.78 is 0. The van der Waals surface area contributed by atoms with E-state index in [1.54, 1.807) is 4.90 Å². The Bertz CT molecular complexity index is 605. The fourth-order valence-corrected chi connectivity index (χ4v) is 2.14. The van der Waals surface area contributed by atoms with Gasteiger partial charge in [0, 0.05) is 17.9 Å². The highest BCUT2D eigenvalue weighted by Gasteiger charge is 2.20. The van der Waals surface area contributed by atoms with Crippen molar-refractivity contribution in [3.8, 4) is 0 Å². The molecule has 1 aliphatic rings. The minimum absolute atomic E-state index is 0.0902. The third-order valence-corrected chi connectivity index (χ3v) is 3.12. The maximum atomic E-state index is 12.2. The summed E-state index contributed by atoms with van der Waals surface area (Å²) in [6, 6.07) is 19.4. The summed E-state index contributed by atoms with van der Waals surface area (Å²) in [7, 11) is 0. The summed E-state index contributed by atoms with van der Waals surface area (Å²) >= 11 is 0. The van der Waals surface area contributed by atoms with Gasteiger partial charge in [0.1, 0.15) is 0 Å². The van der Waals surface area contributed by atoms with Gasteiger partial charge >= 0.3 is 6.03 Å². The van der Waals surface area contributed by atoms with Crippen molar-refractivity contribution < 1.29 is 4.79 Å². The van der Waals surface area contributed by atoms with Crippen LogP contribution < -0.4 is 10.2 Å². The van der Waals surface area contributed by atoms with Gasteiger partial charge in [0.05, 0.1) is 0 Å². The number of nitrogens with zero attached hydrogens (tertiary/aromatic N) is 1. The first-order chi connectivity index (χ1) is 9.34. The SMILES string of the molecule is O=C1NC(c2ccccc2)=CCN1c1ccccc1. The fourth-order valence-electron chi connectivity index (χ4n) is 2.14. The van der Waals surface area contributed by atoms with Crippen LogP contribution in [0.15, 0.2) is 66.7 Å². The molecule has 0 radical (unpaired) electrons. The molecule has 1 heterocycles. The molecule has 0 atom stereocenters. The molecule has 0 saturated carbocycles. The fraction of sp³-hybridized carbons (Fsp3) is 0.0625. The first-order valence-electron chi connectivity index (χ1n) is 6.24. The second kappa shape index (κ2) is 4.98. The van der Waals surface area contributed by atoms with Crippen LogP contribution in [0.25, 0.3) is 5.70 Å². The monoisotopic (exact) mass is 250 g/mol. The molecule has 94 valence electrons. The Morgan fingerprint density at radius 1 is 0.895 bits per heavy atom. The first-order valence-corrected chi connectivity index (χ1v) is 6.24. The van der Waals surface area contributed by atoms with Gasteiger partial charge in [0.15, 0.2) is 0 Å². The largest absolute Gasteiger partial charge is 0.326 e. The van der Waals surface area contributed by atoms with E-state index in [0.29, 0.717) is 6.54 Å². The van der Waals surface area contributed by atoms with Crippen LogP contribution in [-0.4, -0.2) is 12.6 Å². The number of carbonyl (C=O) groups is 1. The van der Waals surface area contributed by atoms with E-state index in [2.05, 4.69) is 5.32 Å². The van der Waals surface area contributed by atoms with Gasteiger partial charge < -0.3 is 5.32 Å². The molecule has 2 amide bonds. The summed E-state index contributed by atoms with van der Waals surface area (Å²) in [6.45, 7) is 0.583. The number of para-hydroxylation sites is 1. The van der Waals surface area contributed by atoms with E-state index in [9.17, 15) is 4.79 Å². The third kappa shape index (κ3) is 2.36. The van der Waals surface area contributed by atoms with Gasteiger partial charge in [-0.25, -0.2) is 4.79 Å². The van der Waals surface area contributed by atoms with Crippen LogP contribution in [0.2, 0.25) is 0 Å². The van der Waals surface area contributed by atoms with Crippen LogP contribution in [0.3, 0.4) is 0 Å². The Morgan fingerprint density at radius 2 is 1.53 bits per heavy atom. The van der Waals surface area contributed by atoms with Crippen LogP contribution in [0.1, 0.15) is 5.56 Å². The Balaban J connectivity index is 1.85. The van der Waals surface area contributed by atoms with Crippen LogP contribution in [0.4, 0.5) is 10.5 Å². The van der Waals surface area contributed by atoms with Gasteiger partial charge in [0.25, 0.3) is 0 Å². The summed E-state index contributed by atoms with van der Waals surface area (Å²) in [5, 5.41) is 2.93. The van der Waals surface area contributed by atoms with Crippen LogP contribution in [-0.2, 0) is 0 Å². The predicted octanol–water partition coefficient (Wildman–Crippen LogP) is 3.26. The minimum Gasteiger partial charge on any atom is -0.307 e. The molecule has 0 fully saturated rings. The Kier molecular flexibility index (Phi) is 3.02. The molecule has 0 bridgehead atoms. The molecule has 2 aromatic carbocycles. The van der Waals surface area contributed by atoms with Crippen LogP contribution in [0.5, 0.6) is 0 Å². The van der Waals surface area contributed by atoms with Gasteiger partial charge in [-0.1, -0.05) is 48.5 Å². The van der Waals surface area contributed by atoms with Gasteiger partial charge in [-0.05, 0) is 23.8 Å². The molecule has 0 unspecified atom stereocenters. The molecule has 3 heteroatoms. The molecular formula is C16H14N2O. The van der Waals surface area contributed by atoms with Crippen LogP contribution >= 0.6 is 0 Å². The number of hydrogen-bond acceptors (Lipinski definition) is 1. The number of amides is 2. The summed E-state index contributed by atoms with van der Waals surface area (Å²) in [6.07, 6.45) is 2.03. The smallest absolute Gasteiger partial charge is 0.307 e. The topological polar surface area (TPSA) is 32.3 Å². The van der Waals surface area contributed by atoms with E-state index in [1.165, 1.54) is 0 Å². The second-order valence-corrected chi connectivity index (χ2v) is 4.36. The maximum absolute atomic E-state index is 12.2. The summed E-state index contributed by atoms with van der Waals surface area (Å²) in [4.78, 5) is 13.9. The zero-order valence-electron chi connectivity index (χ0n) is 10.4. The van der Waals surface area contributed by atoms with Gasteiger partial charge in [-0.15, -0.1) is 0 Å². The van der Waals surface area contributed by atoms with Gasteiger partial charge in [0.2, 0.25) is 0 Å². The van der Waals surface area contributed by atoms with Crippen molar-refractivity contribution in [1.29, 1.82) is 0 Å². The van der Waals surface area contributed by atoms with E-state index in [4.69, 9.17) is 0 Å². The van der Waals surface area contributed by atoms with Crippen LogP contribution in [0, 0.1) is 0 Å². The number of hydrogen-bond donors (Lipinski definition) is 1. The minimum atomic E-state index is -0.0902. The molecule has 2 aromatic rings. The molecule has 19 heavy (non-hydrogen) atoms. The highest BCUT2D eigenvalue weighted by atomic mass is 16.2. The Labute approximate surface area is 112 Å². The zero-order chi connectivity index (χ0) is 13.1. The quantitative estimate of drug-likeness (QED) is 0.871. The molecule has 1 aliphatic heterocycles. The van der Waals surface area contributed by atoms with Crippen molar-refractivity contribution in [2.75, 3.05) is 11.4 Å². The normalized spacial score (nSPS) is 14.8. The van der Waals surface area contributed by atoms with E-state index in [0.717, 1.165) is 16.9 Å². The average Bonchev–Trinajstić information content (AvgIpc) is 2.49. The van der Waals surface area contributed by atoms with Crippen molar-refractivity contribution in [2.24, 2.45) is 0 Å². The molecule has 3 rings (SSSR count). The second-order valence-electron chi connectivity index (χ2n) is 4.36. The van der Waals surface area contributed by atoms with Crippen molar-refractivity contribution in [2.45, 2.75) is 0 Å². The first kappa shape index (κ1) is 11.5. The average molecular weight is 250 g/mol. The lowest BCUT2D eigenvalue weighted by Crippen LogP contribution is -2.43. The van der Waals surface area contributed by atoms with Crippen molar-refractivity contribution in [1.82, 2.24) is 5.32 Å². The van der Waals surface area contributed by atoms with E-state index in [-0.39, 0.29) is 6.03 Å². The highest BCUT2D eigenvalue weighted by molar-refractivity contribution is 5.99. The number of benzene rings is 2. The number of anilines is 1. The predicted molar refractivity (Wildman–Crippen MR) is 76.7 cm³/mol. The number of rotatable bonds is 2. The summed E-state index contributed by atoms with van der Waals surface area (Å²) in [5.74, 6) is 0. The molecule has 0 aromatic heterocycles. The lowest BCUT2D eigenvalue weighted by atomic mass is 10.1. The van der Waals surface area contributed by atoms with E-state index < -0.39 is 0 Å². The van der Waals surface area contributed by atoms with E-state index >= 15 is 0 Å². The zero-order valence-corrected chi connectivity index (χ0v) is 10.4.